The summed E-state index contributed by atoms with van der Waals surface area (Å²) in [5, 5.41) is 10.5. The highest BCUT2D eigenvalue weighted by atomic mass is 16.5. The molecule has 0 aliphatic rings. The van der Waals surface area contributed by atoms with E-state index in [4.69, 9.17) is 4.52 Å². The number of rotatable bonds is 5. The van der Waals surface area contributed by atoms with E-state index in [0.717, 1.165) is 22.5 Å². The van der Waals surface area contributed by atoms with Gasteiger partial charge in [-0.2, -0.15) is 10.1 Å². The van der Waals surface area contributed by atoms with Crippen LogP contribution in [0.15, 0.2) is 53.3 Å². The molecular formula is C19H16N6O4. The molecule has 10 heteroatoms. The van der Waals surface area contributed by atoms with Crippen molar-refractivity contribution in [2.45, 2.75) is 13.5 Å². The summed E-state index contributed by atoms with van der Waals surface area (Å²) in [5.74, 6) is -1.30. The molecule has 4 aromatic rings. The molecule has 0 spiro atoms. The molecule has 1 N–H and O–H groups in total. The lowest BCUT2D eigenvalue weighted by Gasteiger charge is -2.01. The maximum Gasteiger partial charge on any atom is 0.396 e. The van der Waals surface area contributed by atoms with Crippen molar-refractivity contribution in [1.82, 2.24) is 30.1 Å². The van der Waals surface area contributed by atoms with Gasteiger partial charge in [0.25, 0.3) is 0 Å². The van der Waals surface area contributed by atoms with Crippen LogP contribution < -0.4 is 5.32 Å². The number of fused-ring (bicyclic) bond motifs is 1. The van der Waals surface area contributed by atoms with Crippen LogP contribution in [0.5, 0.6) is 0 Å². The lowest BCUT2D eigenvalue weighted by molar-refractivity contribution is -0.154. The molecule has 1 aromatic carbocycles. The maximum atomic E-state index is 11.6. The molecule has 0 fully saturated rings. The van der Waals surface area contributed by atoms with Gasteiger partial charge in [-0.3, -0.25) is 4.79 Å². The van der Waals surface area contributed by atoms with Gasteiger partial charge in [0.1, 0.15) is 0 Å². The van der Waals surface area contributed by atoms with E-state index < -0.39 is 11.9 Å². The highest BCUT2D eigenvalue weighted by molar-refractivity contribution is 6.32. The van der Waals surface area contributed by atoms with E-state index in [-0.39, 0.29) is 19.0 Å². The SMILES string of the molecule is CCOC(=O)C(=O)NCc1nc(-c2cccc(-c3cn4ncccc4n3)c2)no1. The van der Waals surface area contributed by atoms with E-state index in [1.165, 1.54) is 0 Å². The van der Waals surface area contributed by atoms with Crippen LogP contribution in [0.1, 0.15) is 12.8 Å². The topological polar surface area (TPSA) is 125 Å². The van der Waals surface area contributed by atoms with Crippen LogP contribution in [-0.4, -0.2) is 43.2 Å². The molecule has 0 saturated carbocycles. The molecule has 146 valence electrons. The minimum Gasteiger partial charge on any atom is -0.459 e. The third-order valence-electron chi connectivity index (χ3n) is 3.98. The van der Waals surface area contributed by atoms with Crippen LogP contribution in [0.25, 0.3) is 28.3 Å². The van der Waals surface area contributed by atoms with E-state index in [1.54, 1.807) is 17.6 Å². The Morgan fingerprint density at radius 2 is 2.03 bits per heavy atom. The fourth-order valence-electron chi connectivity index (χ4n) is 2.66. The number of imidazole rings is 1. The van der Waals surface area contributed by atoms with Gasteiger partial charge in [-0.05, 0) is 25.1 Å². The summed E-state index contributed by atoms with van der Waals surface area (Å²) in [6.45, 7) is 1.66. The Bertz CT molecular complexity index is 1150. The second-order valence-electron chi connectivity index (χ2n) is 5.95. The van der Waals surface area contributed by atoms with Crippen LogP contribution in [0, 0.1) is 0 Å². The highest BCUT2D eigenvalue weighted by Gasteiger charge is 2.16. The molecule has 0 bridgehead atoms. The fraction of sp³-hybridized carbons (Fsp3) is 0.158. The van der Waals surface area contributed by atoms with Crippen molar-refractivity contribution in [3.8, 4) is 22.6 Å². The Labute approximate surface area is 164 Å². The molecule has 1 amide bonds. The van der Waals surface area contributed by atoms with E-state index in [1.807, 2.05) is 42.6 Å². The number of hydrogen-bond donors (Lipinski definition) is 1. The van der Waals surface area contributed by atoms with Crippen LogP contribution in [0.3, 0.4) is 0 Å². The van der Waals surface area contributed by atoms with Crippen molar-refractivity contribution in [3.05, 3.63) is 54.7 Å². The lowest BCUT2D eigenvalue weighted by Crippen LogP contribution is -2.32. The number of benzene rings is 1. The summed E-state index contributed by atoms with van der Waals surface area (Å²) >= 11 is 0. The number of hydrogen-bond acceptors (Lipinski definition) is 8. The van der Waals surface area contributed by atoms with Gasteiger partial charge in [0.15, 0.2) is 5.65 Å². The molecule has 0 atom stereocenters. The Kier molecular flexibility index (Phi) is 4.97. The molecular weight excluding hydrogens is 376 g/mol. The standard InChI is InChI=1S/C19H16N6O4/c1-2-28-19(27)18(26)20-10-16-23-17(24-29-16)13-6-3-5-12(9-13)14-11-25-15(22-14)7-4-8-21-25/h3-9,11H,2,10H2,1H3,(H,20,26). The summed E-state index contributed by atoms with van der Waals surface area (Å²) in [6.07, 6.45) is 3.53. The summed E-state index contributed by atoms with van der Waals surface area (Å²) in [7, 11) is 0. The fourth-order valence-corrected chi connectivity index (χ4v) is 2.66. The molecule has 3 heterocycles. The van der Waals surface area contributed by atoms with Crippen LogP contribution in [0.4, 0.5) is 0 Å². The smallest absolute Gasteiger partial charge is 0.396 e. The zero-order valence-electron chi connectivity index (χ0n) is 15.4. The van der Waals surface area contributed by atoms with Crippen molar-refractivity contribution in [2.75, 3.05) is 6.61 Å². The molecule has 3 aromatic heterocycles. The van der Waals surface area contributed by atoms with Crippen molar-refractivity contribution in [3.63, 3.8) is 0 Å². The van der Waals surface area contributed by atoms with Gasteiger partial charge in [0, 0.05) is 17.3 Å². The number of aromatic nitrogens is 5. The average molecular weight is 392 g/mol. The number of nitrogens with zero attached hydrogens (tertiary/aromatic N) is 5. The monoisotopic (exact) mass is 392 g/mol. The van der Waals surface area contributed by atoms with Gasteiger partial charge in [-0.15, -0.1) is 0 Å². The first-order valence-electron chi connectivity index (χ1n) is 8.83. The molecule has 0 saturated heterocycles. The third kappa shape index (κ3) is 3.95. The first kappa shape index (κ1) is 18.3. The molecule has 4 rings (SSSR count). The summed E-state index contributed by atoms with van der Waals surface area (Å²) in [4.78, 5) is 31.7. The largest absolute Gasteiger partial charge is 0.459 e. The predicted molar refractivity (Wildman–Crippen MR) is 100 cm³/mol. The van der Waals surface area contributed by atoms with Gasteiger partial charge in [0.05, 0.1) is 25.0 Å². The first-order chi connectivity index (χ1) is 14.1. The molecule has 0 unspecified atom stereocenters. The number of esters is 1. The Morgan fingerprint density at radius 3 is 2.86 bits per heavy atom. The second-order valence-corrected chi connectivity index (χ2v) is 5.95. The number of ether oxygens (including phenoxy) is 1. The normalized spacial score (nSPS) is 10.8. The number of amides is 1. The number of carbonyl (C=O) groups excluding carboxylic acids is 2. The van der Waals surface area contributed by atoms with Crippen molar-refractivity contribution in [2.24, 2.45) is 0 Å². The van der Waals surface area contributed by atoms with Crippen molar-refractivity contribution in [1.29, 1.82) is 0 Å². The van der Waals surface area contributed by atoms with Gasteiger partial charge in [-0.1, -0.05) is 23.4 Å². The maximum absolute atomic E-state index is 11.6. The zero-order chi connectivity index (χ0) is 20.2. The van der Waals surface area contributed by atoms with Crippen molar-refractivity contribution >= 4 is 17.5 Å². The Hall–Kier alpha value is -4.08. The molecule has 29 heavy (non-hydrogen) atoms. The quantitative estimate of drug-likeness (QED) is 0.401. The zero-order valence-corrected chi connectivity index (χ0v) is 15.4. The van der Waals surface area contributed by atoms with Crippen LogP contribution in [0.2, 0.25) is 0 Å². The summed E-state index contributed by atoms with van der Waals surface area (Å²) in [5.41, 5.74) is 3.09. The van der Waals surface area contributed by atoms with Crippen LogP contribution in [-0.2, 0) is 20.9 Å². The molecule has 0 aliphatic heterocycles. The van der Waals surface area contributed by atoms with Gasteiger partial charge in [0.2, 0.25) is 11.7 Å². The first-order valence-corrected chi connectivity index (χ1v) is 8.83. The van der Waals surface area contributed by atoms with Crippen LogP contribution >= 0.6 is 0 Å². The second kappa shape index (κ2) is 7.89. The minimum absolute atomic E-state index is 0.0809. The van der Waals surface area contributed by atoms with Gasteiger partial charge >= 0.3 is 11.9 Å². The molecule has 10 nitrogen and oxygen atoms in total. The number of carbonyl (C=O) groups is 2. The summed E-state index contributed by atoms with van der Waals surface area (Å²) in [6, 6.07) is 11.2. The van der Waals surface area contributed by atoms with E-state index in [9.17, 15) is 9.59 Å². The summed E-state index contributed by atoms with van der Waals surface area (Å²) < 4.78 is 11.5. The third-order valence-corrected chi connectivity index (χ3v) is 3.98. The predicted octanol–water partition coefficient (Wildman–Crippen LogP) is 1.63. The van der Waals surface area contributed by atoms with Crippen molar-refractivity contribution < 1.29 is 18.8 Å². The average Bonchev–Trinajstić information content (AvgIpc) is 3.39. The minimum atomic E-state index is -0.957. The van der Waals surface area contributed by atoms with E-state index in [2.05, 4.69) is 30.3 Å². The van der Waals surface area contributed by atoms with Gasteiger partial charge < -0.3 is 14.6 Å². The number of nitrogens with one attached hydrogen (secondary N) is 1. The Balaban J connectivity index is 1.50. The molecule has 0 radical (unpaired) electrons. The lowest BCUT2D eigenvalue weighted by atomic mass is 10.1. The highest BCUT2D eigenvalue weighted by Crippen LogP contribution is 2.24. The van der Waals surface area contributed by atoms with E-state index >= 15 is 0 Å². The Morgan fingerprint density at radius 1 is 1.17 bits per heavy atom. The van der Waals surface area contributed by atoms with E-state index in [0.29, 0.717) is 5.82 Å². The molecule has 0 aliphatic carbocycles. The van der Waals surface area contributed by atoms with Gasteiger partial charge in [-0.25, -0.2) is 14.3 Å².